The molecule has 0 spiro atoms. The van der Waals surface area contributed by atoms with Crippen LogP contribution in [0.4, 0.5) is 10.1 Å². The van der Waals surface area contributed by atoms with E-state index in [0.717, 1.165) is 17.1 Å². The van der Waals surface area contributed by atoms with E-state index in [2.05, 4.69) is 31.2 Å². The van der Waals surface area contributed by atoms with Crippen LogP contribution in [0.25, 0.3) is 0 Å². The molecule has 0 saturated carbocycles. The summed E-state index contributed by atoms with van der Waals surface area (Å²) in [6, 6.07) is 12.9. The number of hydrogen-bond acceptors (Lipinski definition) is 2. The summed E-state index contributed by atoms with van der Waals surface area (Å²) in [7, 11) is 0. The van der Waals surface area contributed by atoms with Crippen LogP contribution < -0.4 is 5.73 Å². The molecule has 2 N–H and O–H groups in total. The van der Waals surface area contributed by atoms with Crippen molar-refractivity contribution in [1.82, 2.24) is 0 Å². The van der Waals surface area contributed by atoms with Gasteiger partial charge in [0.05, 0.1) is 0 Å². The molecule has 3 heteroatoms. The average molecular weight is 261 g/mol. The van der Waals surface area contributed by atoms with Gasteiger partial charge in [-0.3, -0.25) is 0 Å². The highest BCUT2D eigenvalue weighted by atomic mass is 32.2. The molecule has 0 aromatic heterocycles. The van der Waals surface area contributed by atoms with Crippen molar-refractivity contribution >= 4 is 17.4 Å². The summed E-state index contributed by atoms with van der Waals surface area (Å²) in [4.78, 5) is 0. The maximum absolute atomic E-state index is 13.1. The highest BCUT2D eigenvalue weighted by Crippen LogP contribution is 2.22. The van der Waals surface area contributed by atoms with Crippen molar-refractivity contribution in [3.63, 3.8) is 0 Å². The lowest BCUT2D eigenvalue weighted by Gasteiger charge is -2.06. The average Bonchev–Trinajstić information content (AvgIpc) is 2.34. The molecule has 0 aliphatic carbocycles. The van der Waals surface area contributed by atoms with E-state index < -0.39 is 0 Å². The van der Waals surface area contributed by atoms with Gasteiger partial charge in [0.15, 0.2) is 0 Å². The summed E-state index contributed by atoms with van der Waals surface area (Å²) in [5.74, 6) is 1.42. The van der Waals surface area contributed by atoms with Gasteiger partial charge in [-0.05, 0) is 36.2 Å². The van der Waals surface area contributed by atoms with Crippen molar-refractivity contribution < 1.29 is 4.39 Å². The monoisotopic (exact) mass is 261 g/mol. The van der Waals surface area contributed by atoms with Gasteiger partial charge in [0.1, 0.15) is 5.82 Å². The normalized spacial score (nSPS) is 10.6. The number of nitrogens with two attached hydrogens (primary N) is 1. The summed E-state index contributed by atoms with van der Waals surface area (Å²) in [6.07, 6.45) is 0. The molecule has 0 radical (unpaired) electrons. The summed E-state index contributed by atoms with van der Waals surface area (Å²) >= 11 is 1.74. The summed E-state index contributed by atoms with van der Waals surface area (Å²) < 4.78 is 13.1. The molecular weight excluding hydrogens is 245 g/mol. The van der Waals surface area contributed by atoms with Crippen LogP contribution in [0.3, 0.4) is 0 Å². The number of halogens is 1. The van der Waals surface area contributed by atoms with Gasteiger partial charge in [-0.25, -0.2) is 4.39 Å². The van der Waals surface area contributed by atoms with E-state index >= 15 is 0 Å². The Kier molecular flexibility index (Phi) is 4.26. The first-order valence-corrected chi connectivity index (χ1v) is 6.98. The van der Waals surface area contributed by atoms with Gasteiger partial charge in [0.2, 0.25) is 0 Å². The van der Waals surface area contributed by atoms with Crippen molar-refractivity contribution in [2.75, 3.05) is 5.73 Å². The summed E-state index contributed by atoms with van der Waals surface area (Å²) in [5, 5.41) is 0. The Hall–Kier alpha value is -1.48. The molecule has 0 aliphatic heterocycles. The number of hydrogen-bond donors (Lipinski definition) is 1. The van der Waals surface area contributed by atoms with Crippen LogP contribution in [0.1, 0.15) is 16.7 Å². The Morgan fingerprint density at radius 2 is 1.94 bits per heavy atom. The Bertz CT molecular complexity index is 540. The number of anilines is 1. The molecule has 0 saturated heterocycles. The maximum Gasteiger partial charge on any atom is 0.123 e. The second kappa shape index (κ2) is 5.91. The minimum Gasteiger partial charge on any atom is -0.398 e. The van der Waals surface area contributed by atoms with Crippen LogP contribution in [0.2, 0.25) is 0 Å². The quantitative estimate of drug-likeness (QED) is 0.837. The zero-order valence-electron chi connectivity index (χ0n) is 10.3. The zero-order chi connectivity index (χ0) is 13.0. The van der Waals surface area contributed by atoms with Crippen molar-refractivity contribution in [1.29, 1.82) is 0 Å². The molecule has 0 bridgehead atoms. The molecule has 0 unspecified atom stereocenters. The van der Waals surface area contributed by atoms with E-state index in [-0.39, 0.29) is 5.82 Å². The molecule has 0 aliphatic rings. The summed E-state index contributed by atoms with van der Waals surface area (Å²) in [5.41, 5.74) is 9.89. The fourth-order valence-corrected chi connectivity index (χ4v) is 2.77. The third kappa shape index (κ3) is 3.50. The molecule has 2 aromatic carbocycles. The lowest BCUT2D eigenvalue weighted by Crippen LogP contribution is -1.94. The smallest absolute Gasteiger partial charge is 0.123 e. The Morgan fingerprint density at radius 3 is 2.72 bits per heavy atom. The number of benzene rings is 2. The third-order valence-corrected chi connectivity index (χ3v) is 3.77. The lowest BCUT2D eigenvalue weighted by atomic mass is 10.2. The second-order valence-electron chi connectivity index (χ2n) is 4.32. The van der Waals surface area contributed by atoms with Crippen LogP contribution in [0, 0.1) is 12.7 Å². The molecule has 18 heavy (non-hydrogen) atoms. The molecule has 2 aromatic rings. The maximum atomic E-state index is 13.1. The van der Waals surface area contributed by atoms with E-state index in [1.807, 2.05) is 0 Å². The Labute approximate surface area is 111 Å². The Balaban J connectivity index is 1.94. The molecule has 0 heterocycles. The predicted octanol–water partition coefficient (Wildman–Crippen LogP) is 4.15. The van der Waals surface area contributed by atoms with Gasteiger partial charge in [-0.2, -0.15) is 11.8 Å². The van der Waals surface area contributed by atoms with Crippen LogP contribution >= 0.6 is 11.8 Å². The summed E-state index contributed by atoms with van der Waals surface area (Å²) in [6.45, 7) is 2.08. The first-order valence-electron chi connectivity index (χ1n) is 5.82. The minimum absolute atomic E-state index is 0.227. The van der Waals surface area contributed by atoms with E-state index in [0.29, 0.717) is 5.69 Å². The van der Waals surface area contributed by atoms with Crippen LogP contribution in [0.5, 0.6) is 0 Å². The fraction of sp³-hybridized carbons (Fsp3) is 0.200. The number of thioether (sulfide) groups is 1. The zero-order valence-corrected chi connectivity index (χ0v) is 11.1. The predicted molar refractivity (Wildman–Crippen MR) is 77.0 cm³/mol. The molecule has 0 amide bonds. The lowest BCUT2D eigenvalue weighted by molar-refractivity contribution is 0.627. The first-order chi connectivity index (χ1) is 8.65. The number of rotatable bonds is 4. The van der Waals surface area contributed by atoms with Gasteiger partial charge in [-0.15, -0.1) is 0 Å². The number of nitrogen functional groups attached to an aromatic ring is 1. The Morgan fingerprint density at radius 1 is 1.11 bits per heavy atom. The highest BCUT2D eigenvalue weighted by molar-refractivity contribution is 7.97. The van der Waals surface area contributed by atoms with Gasteiger partial charge in [0, 0.05) is 17.2 Å². The van der Waals surface area contributed by atoms with Crippen molar-refractivity contribution in [2.24, 2.45) is 0 Å². The van der Waals surface area contributed by atoms with E-state index in [9.17, 15) is 4.39 Å². The van der Waals surface area contributed by atoms with Crippen molar-refractivity contribution in [3.8, 4) is 0 Å². The molecule has 0 atom stereocenters. The first kappa shape index (κ1) is 13.0. The minimum atomic E-state index is -0.227. The van der Waals surface area contributed by atoms with E-state index in [1.54, 1.807) is 17.8 Å². The van der Waals surface area contributed by atoms with Crippen LogP contribution in [-0.4, -0.2) is 0 Å². The SMILES string of the molecule is Cc1cccc(CSCc2cc(F)ccc2N)c1. The molecule has 0 fully saturated rings. The molecular formula is C15H16FNS. The fourth-order valence-electron chi connectivity index (χ4n) is 1.78. The molecule has 2 rings (SSSR count). The topological polar surface area (TPSA) is 26.0 Å². The van der Waals surface area contributed by atoms with Gasteiger partial charge < -0.3 is 5.73 Å². The van der Waals surface area contributed by atoms with Crippen molar-refractivity contribution in [3.05, 3.63) is 65.0 Å². The largest absolute Gasteiger partial charge is 0.398 e. The third-order valence-electron chi connectivity index (χ3n) is 2.71. The molecule has 1 nitrogen and oxygen atoms in total. The highest BCUT2D eigenvalue weighted by Gasteiger charge is 2.02. The van der Waals surface area contributed by atoms with E-state index in [4.69, 9.17) is 5.73 Å². The van der Waals surface area contributed by atoms with E-state index in [1.165, 1.54) is 23.3 Å². The second-order valence-corrected chi connectivity index (χ2v) is 5.31. The van der Waals surface area contributed by atoms with Crippen LogP contribution in [-0.2, 0) is 11.5 Å². The van der Waals surface area contributed by atoms with Crippen LogP contribution in [0.15, 0.2) is 42.5 Å². The van der Waals surface area contributed by atoms with Gasteiger partial charge in [-0.1, -0.05) is 29.8 Å². The van der Waals surface area contributed by atoms with Crippen molar-refractivity contribution in [2.45, 2.75) is 18.4 Å². The molecule has 94 valence electrons. The standard InChI is InChI=1S/C15H16FNS/c1-11-3-2-4-12(7-11)9-18-10-13-8-14(16)5-6-15(13)17/h2-8H,9-10,17H2,1H3. The van der Waals surface area contributed by atoms with Gasteiger partial charge >= 0.3 is 0 Å². The number of aryl methyl sites for hydroxylation is 1. The van der Waals surface area contributed by atoms with Gasteiger partial charge in [0.25, 0.3) is 0 Å².